The average Bonchev–Trinajstić information content (AvgIpc) is 2.33. The molecule has 0 aromatic rings. The molecule has 0 radical (unpaired) electrons. The van der Waals surface area contributed by atoms with E-state index in [0.29, 0.717) is 11.3 Å². The van der Waals surface area contributed by atoms with Crippen LogP contribution in [0.2, 0.25) is 0 Å². The minimum atomic E-state index is -1.13. The van der Waals surface area contributed by atoms with Gasteiger partial charge in [-0.1, -0.05) is 0 Å². The summed E-state index contributed by atoms with van der Waals surface area (Å²) < 4.78 is 4.82. The third kappa shape index (κ3) is 2.04. The SMILES string of the molecule is CC(=O)OCC1=C(C(=O)O)C2C(=O)[C@@H](N)[C@H]2SC1. The highest BCUT2D eigenvalue weighted by Crippen LogP contribution is 2.44. The topological polar surface area (TPSA) is 107 Å². The third-order valence-corrected chi connectivity index (χ3v) is 4.60. The molecule has 0 saturated heterocycles. The molecule has 0 amide bonds. The summed E-state index contributed by atoms with van der Waals surface area (Å²) in [4.78, 5) is 33.7. The van der Waals surface area contributed by atoms with Crippen molar-refractivity contribution in [2.24, 2.45) is 11.7 Å². The van der Waals surface area contributed by atoms with Crippen LogP contribution in [-0.2, 0) is 19.1 Å². The maximum atomic E-state index is 11.7. The lowest BCUT2D eigenvalue weighted by atomic mass is 9.72. The number of hydrogen-bond acceptors (Lipinski definition) is 6. The molecule has 3 N–H and O–H groups in total. The lowest BCUT2D eigenvalue weighted by Crippen LogP contribution is -2.62. The number of esters is 1. The van der Waals surface area contributed by atoms with E-state index < -0.39 is 23.9 Å². The molecule has 0 spiro atoms. The fourth-order valence-corrected chi connectivity index (χ4v) is 3.65. The lowest BCUT2D eigenvalue weighted by molar-refractivity contribution is -0.141. The van der Waals surface area contributed by atoms with Crippen molar-refractivity contribution in [1.82, 2.24) is 0 Å². The van der Waals surface area contributed by atoms with Crippen molar-refractivity contribution in [2.75, 3.05) is 12.4 Å². The summed E-state index contributed by atoms with van der Waals surface area (Å²) in [5.74, 6) is -2.08. The largest absolute Gasteiger partial charge is 0.478 e. The molecule has 1 fully saturated rings. The Kier molecular flexibility index (Phi) is 3.45. The maximum absolute atomic E-state index is 11.7. The number of carboxylic acid groups (broad SMARTS) is 1. The number of fused-ring (bicyclic) bond motifs is 1. The van der Waals surface area contributed by atoms with Gasteiger partial charge in [-0.3, -0.25) is 9.59 Å². The minimum absolute atomic E-state index is 0.0618. The molecule has 18 heavy (non-hydrogen) atoms. The maximum Gasteiger partial charge on any atom is 0.332 e. The van der Waals surface area contributed by atoms with Crippen LogP contribution in [0.1, 0.15) is 6.92 Å². The van der Waals surface area contributed by atoms with E-state index in [2.05, 4.69) is 0 Å². The van der Waals surface area contributed by atoms with Crippen LogP contribution in [-0.4, -0.2) is 46.5 Å². The number of nitrogens with two attached hydrogens (primary N) is 1. The van der Waals surface area contributed by atoms with Crippen molar-refractivity contribution in [3.05, 3.63) is 11.1 Å². The van der Waals surface area contributed by atoms with Gasteiger partial charge in [-0.25, -0.2) is 4.79 Å². The summed E-state index contributed by atoms with van der Waals surface area (Å²) >= 11 is 1.45. The zero-order chi connectivity index (χ0) is 13.4. The van der Waals surface area contributed by atoms with Crippen LogP contribution in [0.25, 0.3) is 0 Å². The second-order valence-corrected chi connectivity index (χ2v) is 5.45. The van der Waals surface area contributed by atoms with Crippen LogP contribution in [0.15, 0.2) is 11.1 Å². The highest BCUT2D eigenvalue weighted by atomic mass is 32.2. The normalized spacial score (nSPS) is 30.6. The molecule has 2 rings (SSSR count). The van der Waals surface area contributed by atoms with Crippen LogP contribution < -0.4 is 5.73 Å². The van der Waals surface area contributed by atoms with Crippen molar-refractivity contribution >= 4 is 29.5 Å². The summed E-state index contributed by atoms with van der Waals surface area (Å²) in [6.07, 6.45) is 0. The zero-order valence-electron chi connectivity index (χ0n) is 9.71. The number of aliphatic carboxylic acids is 1. The number of thioether (sulfide) groups is 1. The van der Waals surface area contributed by atoms with Crippen molar-refractivity contribution < 1.29 is 24.2 Å². The van der Waals surface area contributed by atoms with Crippen molar-refractivity contribution in [1.29, 1.82) is 0 Å². The predicted octanol–water partition coefficient (Wildman–Crippen LogP) is -0.428. The van der Waals surface area contributed by atoms with E-state index in [9.17, 15) is 19.5 Å². The number of carboxylic acids is 1. The molecule has 0 bridgehead atoms. The van der Waals surface area contributed by atoms with Crippen LogP contribution in [0.5, 0.6) is 0 Å². The molecule has 0 aromatic heterocycles. The molecule has 3 atom stereocenters. The molecule has 1 aliphatic heterocycles. The molecule has 6 nitrogen and oxygen atoms in total. The number of ketones is 1. The Morgan fingerprint density at radius 3 is 2.78 bits per heavy atom. The second kappa shape index (κ2) is 4.74. The second-order valence-electron chi connectivity index (χ2n) is 4.28. The zero-order valence-corrected chi connectivity index (χ0v) is 10.5. The molecular formula is C11H13NO5S. The van der Waals surface area contributed by atoms with Crippen LogP contribution in [0.3, 0.4) is 0 Å². The standard InChI is InChI=1S/C11H13NO5S/c1-4(13)17-2-5-3-18-10-7(6(5)11(15)16)9(14)8(10)12/h7-8,10H,2-3,12H2,1H3,(H,15,16)/t7?,8-,10+/m1/s1. The van der Waals surface area contributed by atoms with Gasteiger partial charge in [0.25, 0.3) is 0 Å². The summed E-state index contributed by atoms with van der Waals surface area (Å²) in [5, 5.41) is 9.04. The number of carbonyl (C=O) groups excluding carboxylic acids is 2. The van der Waals surface area contributed by atoms with Crippen LogP contribution in [0.4, 0.5) is 0 Å². The van der Waals surface area contributed by atoms with E-state index in [0.717, 1.165) is 0 Å². The Labute approximate surface area is 108 Å². The number of carbonyl (C=O) groups is 3. The smallest absolute Gasteiger partial charge is 0.332 e. The Hall–Kier alpha value is -1.34. The van der Waals surface area contributed by atoms with E-state index in [1.165, 1.54) is 18.7 Å². The summed E-state index contributed by atoms with van der Waals surface area (Å²) in [7, 11) is 0. The highest BCUT2D eigenvalue weighted by Gasteiger charge is 2.54. The molecule has 1 saturated carbocycles. The first-order valence-electron chi connectivity index (χ1n) is 5.43. The average molecular weight is 271 g/mol. The molecule has 1 unspecified atom stereocenters. The Morgan fingerprint density at radius 1 is 1.56 bits per heavy atom. The van der Waals surface area contributed by atoms with Crippen molar-refractivity contribution in [2.45, 2.75) is 18.2 Å². The summed E-state index contributed by atoms with van der Waals surface area (Å²) in [6, 6.07) is -0.579. The van der Waals surface area contributed by atoms with Gasteiger partial charge in [0.1, 0.15) is 6.61 Å². The Bertz CT molecular complexity index is 458. The first-order chi connectivity index (χ1) is 8.43. The first-order valence-corrected chi connectivity index (χ1v) is 6.48. The summed E-state index contributed by atoms with van der Waals surface area (Å²) in [6.45, 7) is 1.18. The molecule has 2 aliphatic rings. The minimum Gasteiger partial charge on any atom is -0.478 e. The summed E-state index contributed by atoms with van der Waals surface area (Å²) in [5.41, 5.74) is 6.19. The van der Waals surface area contributed by atoms with Gasteiger partial charge in [-0.2, -0.15) is 11.8 Å². The van der Waals surface area contributed by atoms with Crippen molar-refractivity contribution in [3.63, 3.8) is 0 Å². The highest BCUT2D eigenvalue weighted by molar-refractivity contribution is 8.00. The lowest BCUT2D eigenvalue weighted by Gasteiger charge is -2.44. The molecule has 7 heteroatoms. The molecule has 98 valence electrons. The molecule has 0 aromatic carbocycles. The van der Waals surface area contributed by atoms with Gasteiger partial charge in [0.05, 0.1) is 17.5 Å². The molecule has 1 aliphatic carbocycles. The third-order valence-electron chi connectivity index (χ3n) is 3.14. The number of Topliss-reactive ketones (excluding diaryl/α,β-unsaturated/α-hetero) is 1. The van der Waals surface area contributed by atoms with Gasteiger partial charge in [-0.15, -0.1) is 0 Å². The van der Waals surface area contributed by atoms with Gasteiger partial charge in [-0.05, 0) is 5.57 Å². The number of ether oxygens (including phenoxy) is 1. The van der Waals surface area contributed by atoms with E-state index in [1.54, 1.807) is 0 Å². The van der Waals surface area contributed by atoms with Gasteiger partial charge in [0.15, 0.2) is 5.78 Å². The van der Waals surface area contributed by atoms with Gasteiger partial charge < -0.3 is 15.6 Å². The van der Waals surface area contributed by atoms with Crippen LogP contribution >= 0.6 is 11.8 Å². The van der Waals surface area contributed by atoms with E-state index >= 15 is 0 Å². The number of hydrogen-bond donors (Lipinski definition) is 2. The first kappa shape index (κ1) is 13.1. The van der Waals surface area contributed by atoms with E-state index in [4.69, 9.17) is 10.5 Å². The van der Waals surface area contributed by atoms with E-state index in [-0.39, 0.29) is 23.2 Å². The van der Waals surface area contributed by atoms with Crippen molar-refractivity contribution in [3.8, 4) is 0 Å². The quantitative estimate of drug-likeness (QED) is 0.671. The monoisotopic (exact) mass is 271 g/mol. The fraction of sp³-hybridized carbons (Fsp3) is 0.545. The Balaban J connectivity index is 2.26. The van der Waals surface area contributed by atoms with E-state index in [1.807, 2.05) is 0 Å². The Morgan fingerprint density at radius 2 is 2.22 bits per heavy atom. The van der Waals surface area contributed by atoms with Crippen LogP contribution in [0, 0.1) is 5.92 Å². The predicted molar refractivity (Wildman–Crippen MR) is 64.0 cm³/mol. The molecule has 1 heterocycles. The number of rotatable bonds is 3. The fourth-order valence-electron chi connectivity index (χ4n) is 2.21. The van der Waals surface area contributed by atoms with Gasteiger partial charge >= 0.3 is 11.9 Å². The van der Waals surface area contributed by atoms with Gasteiger partial charge in [0.2, 0.25) is 0 Å². The molecular weight excluding hydrogens is 258 g/mol. The van der Waals surface area contributed by atoms with Gasteiger partial charge in [0, 0.05) is 17.9 Å².